The van der Waals surface area contributed by atoms with E-state index in [-0.39, 0.29) is 15.8 Å². The molecular weight excluding hydrogens is 404 g/mol. The minimum atomic E-state index is -3.71. The van der Waals surface area contributed by atoms with Gasteiger partial charge in [-0.25, -0.2) is 8.42 Å². The second-order valence-corrected chi connectivity index (χ2v) is 10.2. The average Bonchev–Trinajstić information content (AvgIpc) is 3.15. The molecule has 1 fully saturated rings. The number of benzene rings is 1. The highest BCUT2D eigenvalue weighted by atomic mass is 35.5. The summed E-state index contributed by atoms with van der Waals surface area (Å²) in [5.74, 6) is 0.0164. The zero-order valence-corrected chi connectivity index (χ0v) is 17.5. The van der Waals surface area contributed by atoms with E-state index in [0.717, 1.165) is 19.3 Å². The summed E-state index contributed by atoms with van der Waals surface area (Å²) < 4.78 is 27.5. The first kappa shape index (κ1) is 20.3. The number of piperidine rings is 1. The van der Waals surface area contributed by atoms with Gasteiger partial charge in [-0.15, -0.1) is 11.3 Å². The van der Waals surface area contributed by atoms with Crippen LogP contribution >= 0.6 is 22.9 Å². The molecule has 1 atom stereocenters. The fraction of sp³-hybridized carbons (Fsp3) is 0.421. The summed E-state index contributed by atoms with van der Waals surface area (Å²) in [4.78, 5) is 13.6. The molecule has 1 unspecified atom stereocenters. The number of hydrogen-bond donors (Lipinski definition) is 1. The number of nitrogens with one attached hydrogen (secondary N) is 1. The third-order valence-corrected chi connectivity index (χ3v) is 7.95. The normalized spacial score (nSPS) is 18.4. The SMILES string of the molecule is CC1CCCN(S(=O)(=O)c2cc(C(=O)NCCc3cccs3)ccc2Cl)C1. The standard InChI is InChI=1S/C19H23ClN2O3S2/c1-14-4-2-10-22(13-14)27(24,25)18-12-15(6-7-17(18)20)19(23)21-9-8-16-5-3-11-26-16/h3,5-7,11-12,14H,2,4,8-10,13H2,1H3,(H,21,23). The maximum Gasteiger partial charge on any atom is 0.251 e. The van der Waals surface area contributed by atoms with Crippen LogP contribution in [0.1, 0.15) is 35.0 Å². The van der Waals surface area contributed by atoms with Crippen LogP contribution in [0.5, 0.6) is 0 Å². The zero-order valence-electron chi connectivity index (χ0n) is 15.2. The first-order chi connectivity index (χ1) is 12.9. The van der Waals surface area contributed by atoms with Gasteiger partial charge in [-0.2, -0.15) is 4.31 Å². The Morgan fingerprint density at radius 1 is 1.37 bits per heavy atom. The first-order valence-corrected chi connectivity index (χ1v) is 11.7. The molecule has 1 aromatic carbocycles. The predicted molar refractivity (Wildman–Crippen MR) is 109 cm³/mol. The summed E-state index contributed by atoms with van der Waals surface area (Å²) in [5.41, 5.74) is 0.300. The van der Waals surface area contributed by atoms with Gasteiger partial charge >= 0.3 is 0 Å². The molecule has 1 N–H and O–H groups in total. The van der Waals surface area contributed by atoms with Crippen LogP contribution in [-0.2, 0) is 16.4 Å². The highest BCUT2D eigenvalue weighted by Crippen LogP contribution is 2.29. The topological polar surface area (TPSA) is 66.5 Å². The molecule has 2 aromatic rings. The van der Waals surface area contributed by atoms with Crippen molar-refractivity contribution >= 4 is 38.9 Å². The molecule has 0 aliphatic carbocycles. The van der Waals surface area contributed by atoms with Crippen LogP contribution in [0.2, 0.25) is 5.02 Å². The first-order valence-electron chi connectivity index (χ1n) is 8.98. The Balaban J connectivity index is 1.74. The number of halogens is 1. The molecule has 1 saturated heterocycles. The van der Waals surface area contributed by atoms with Crippen molar-refractivity contribution in [2.45, 2.75) is 31.1 Å². The summed E-state index contributed by atoms with van der Waals surface area (Å²) in [6.45, 7) is 3.50. The minimum Gasteiger partial charge on any atom is -0.352 e. The molecule has 3 rings (SSSR count). The molecule has 0 radical (unpaired) electrons. The Kier molecular flexibility index (Phi) is 6.57. The Labute approximate surface area is 169 Å². The second-order valence-electron chi connectivity index (χ2n) is 6.84. The molecule has 0 bridgehead atoms. The maximum absolute atomic E-state index is 13.0. The Morgan fingerprint density at radius 3 is 2.89 bits per heavy atom. The lowest BCUT2D eigenvalue weighted by Crippen LogP contribution is -2.39. The molecule has 1 aromatic heterocycles. The van der Waals surface area contributed by atoms with Crippen LogP contribution in [0.15, 0.2) is 40.6 Å². The highest BCUT2D eigenvalue weighted by Gasteiger charge is 2.30. The van der Waals surface area contributed by atoms with Gasteiger partial charge in [-0.1, -0.05) is 24.6 Å². The minimum absolute atomic E-state index is 0.00386. The van der Waals surface area contributed by atoms with Crippen LogP contribution in [-0.4, -0.2) is 38.3 Å². The summed E-state index contributed by atoms with van der Waals surface area (Å²) in [5, 5.41) is 4.98. The Bertz CT molecular complexity index is 898. The van der Waals surface area contributed by atoms with Gasteiger partial charge < -0.3 is 5.32 Å². The molecule has 146 valence electrons. The van der Waals surface area contributed by atoms with E-state index in [2.05, 4.69) is 5.32 Å². The number of hydrogen-bond acceptors (Lipinski definition) is 4. The van der Waals surface area contributed by atoms with Gasteiger partial charge in [0.1, 0.15) is 4.90 Å². The van der Waals surface area contributed by atoms with Gasteiger partial charge in [0.15, 0.2) is 0 Å². The van der Waals surface area contributed by atoms with Crippen LogP contribution < -0.4 is 5.32 Å². The second kappa shape index (κ2) is 8.73. The van der Waals surface area contributed by atoms with Gasteiger partial charge in [0.2, 0.25) is 10.0 Å². The maximum atomic E-state index is 13.0. The molecule has 1 amide bonds. The molecule has 1 aliphatic rings. The monoisotopic (exact) mass is 426 g/mol. The van der Waals surface area contributed by atoms with Gasteiger partial charge in [0, 0.05) is 30.1 Å². The molecule has 1 aliphatic heterocycles. The predicted octanol–water partition coefficient (Wildman–Crippen LogP) is 3.79. The molecule has 0 spiro atoms. The highest BCUT2D eigenvalue weighted by molar-refractivity contribution is 7.89. The van der Waals surface area contributed by atoms with E-state index in [1.165, 1.54) is 21.3 Å². The summed E-state index contributed by atoms with van der Waals surface area (Å²) in [6, 6.07) is 8.41. The molecule has 0 saturated carbocycles. The number of sulfonamides is 1. The molecule has 27 heavy (non-hydrogen) atoms. The number of rotatable bonds is 6. The van der Waals surface area contributed by atoms with E-state index in [9.17, 15) is 13.2 Å². The zero-order chi connectivity index (χ0) is 19.4. The van der Waals surface area contributed by atoms with Crippen molar-refractivity contribution in [3.05, 3.63) is 51.2 Å². The molecular formula is C19H23ClN2O3S2. The summed E-state index contributed by atoms with van der Waals surface area (Å²) in [6.07, 6.45) is 2.60. The lowest BCUT2D eigenvalue weighted by Gasteiger charge is -2.30. The third kappa shape index (κ3) is 4.90. The quantitative estimate of drug-likeness (QED) is 0.764. The van der Waals surface area contributed by atoms with Crippen LogP contribution in [0, 0.1) is 5.92 Å². The summed E-state index contributed by atoms with van der Waals surface area (Å²) >= 11 is 7.82. The number of thiophene rings is 1. The largest absolute Gasteiger partial charge is 0.352 e. The van der Waals surface area contributed by atoms with Crippen LogP contribution in [0.4, 0.5) is 0 Å². The van der Waals surface area contributed by atoms with Crippen molar-refractivity contribution in [2.75, 3.05) is 19.6 Å². The average molecular weight is 427 g/mol. The van der Waals surface area contributed by atoms with Crippen molar-refractivity contribution in [3.63, 3.8) is 0 Å². The summed E-state index contributed by atoms with van der Waals surface area (Å²) in [7, 11) is -3.71. The number of carbonyl (C=O) groups excluding carboxylic acids is 1. The van der Waals surface area contributed by atoms with Gasteiger partial charge in [-0.05, 0) is 54.8 Å². The fourth-order valence-corrected chi connectivity index (χ4v) is 6.01. The van der Waals surface area contributed by atoms with Crippen molar-refractivity contribution in [1.82, 2.24) is 9.62 Å². The molecule has 8 heteroatoms. The van der Waals surface area contributed by atoms with E-state index in [1.807, 2.05) is 24.4 Å². The fourth-order valence-electron chi connectivity index (χ4n) is 3.20. The van der Waals surface area contributed by atoms with E-state index >= 15 is 0 Å². The van der Waals surface area contributed by atoms with E-state index in [1.54, 1.807) is 17.4 Å². The van der Waals surface area contributed by atoms with Crippen molar-refractivity contribution in [3.8, 4) is 0 Å². The number of carbonyl (C=O) groups is 1. The van der Waals surface area contributed by atoms with Crippen LogP contribution in [0.3, 0.4) is 0 Å². The van der Waals surface area contributed by atoms with Gasteiger partial charge in [0.25, 0.3) is 5.91 Å². The third-order valence-electron chi connectivity index (χ3n) is 4.67. The van der Waals surface area contributed by atoms with Gasteiger partial charge in [-0.3, -0.25) is 4.79 Å². The van der Waals surface area contributed by atoms with E-state index < -0.39 is 10.0 Å². The lowest BCUT2D eigenvalue weighted by atomic mass is 10.0. The smallest absolute Gasteiger partial charge is 0.251 e. The van der Waals surface area contributed by atoms with Gasteiger partial charge in [0.05, 0.1) is 5.02 Å². The molecule has 2 heterocycles. The van der Waals surface area contributed by atoms with Crippen molar-refractivity contribution < 1.29 is 13.2 Å². The number of nitrogens with zero attached hydrogens (tertiary/aromatic N) is 1. The lowest BCUT2D eigenvalue weighted by molar-refractivity contribution is 0.0954. The van der Waals surface area contributed by atoms with Crippen molar-refractivity contribution in [1.29, 1.82) is 0 Å². The van der Waals surface area contributed by atoms with E-state index in [4.69, 9.17) is 11.6 Å². The van der Waals surface area contributed by atoms with Crippen LogP contribution in [0.25, 0.3) is 0 Å². The number of amides is 1. The Hall–Kier alpha value is -1.41. The van der Waals surface area contributed by atoms with E-state index in [0.29, 0.717) is 31.1 Å². The molecule has 5 nitrogen and oxygen atoms in total. The Morgan fingerprint density at radius 2 is 2.19 bits per heavy atom. The van der Waals surface area contributed by atoms with Crippen molar-refractivity contribution in [2.24, 2.45) is 5.92 Å².